The zero-order valence-electron chi connectivity index (χ0n) is 20.1. The second-order valence-corrected chi connectivity index (χ2v) is 9.50. The highest BCUT2D eigenvalue weighted by atomic mass is 79.9. The van der Waals surface area contributed by atoms with Crippen molar-refractivity contribution in [1.29, 1.82) is 0 Å². The van der Waals surface area contributed by atoms with E-state index in [2.05, 4.69) is 20.8 Å². The highest BCUT2D eigenvalue weighted by Crippen LogP contribution is 2.29. The molecule has 0 atom stereocenters. The van der Waals surface area contributed by atoms with Crippen LogP contribution in [0.2, 0.25) is 0 Å². The molecule has 1 aliphatic heterocycles. The third-order valence-corrected chi connectivity index (χ3v) is 6.96. The molecule has 1 saturated heterocycles. The fourth-order valence-corrected chi connectivity index (χ4v) is 4.93. The Balaban J connectivity index is 1.40. The maximum Gasteiger partial charge on any atom is 0.227 e. The maximum atomic E-state index is 14.9. The van der Waals surface area contributed by atoms with Gasteiger partial charge >= 0.3 is 0 Å². The molecule has 3 aromatic carbocycles. The zero-order valence-corrected chi connectivity index (χ0v) is 21.7. The number of amides is 1. The van der Waals surface area contributed by atoms with Gasteiger partial charge in [0, 0.05) is 41.9 Å². The fraction of sp³-hybridized carbons (Fsp3) is 0.321. The lowest BCUT2D eigenvalue weighted by atomic mass is 10.0. The predicted molar refractivity (Wildman–Crippen MR) is 140 cm³/mol. The second-order valence-electron chi connectivity index (χ2n) is 8.59. The van der Waals surface area contributed by atoms with Crippen molar-refractivity contribution in [2.45, 2.75) is 19.3 Å². The molecule has 4 rings (SSSR count). The van der Waals surface area contributed by atoms with Gasteiger partial charge in [0.15, 0.2) is 0 Å². The van der Waals surface area contributed by atoms with Crippen LogP contribution in [0.1, 0.15) is 16.7 Å². The lowest BCUT2D eigenvalue weighted by Gasteiger charge is -2.37. The Kier molecular flexibility index (Phi) is 8.29. The minimum Gasteiger partial charge on any atom is -0.497 e. The standard InChI is InChI=1S/C28H30BrFN2O3/c1-34-23-10-6-20(7-11-23)18-28(33)32-16-14-31(15-17-32)26-5-3-4-25(30)24(26)12-8-21-19-22(29)9-13-27(21)35-2/h3-7,9-11,13,19H,8,12,14-18H2,1-2H3. The van der Waals surface area contributed by atoms with Gasteiger partial charge in [-0.2, -0.15) is 0 Å². The van der Waals surface area contributed by atoms with E-state index in [9.17, 15) is 9.18 Å². The highest BCUT2D eigenvalue weighted by molar-refractivity contribution is 9.10. The Hall–Kier alpha value is -3.06. The van der Waals surface area contributed by atoms with Gasteiger partial charge in [0.2, 0.25) is 5.91 Å². The van der Waals surface area contributed by atoms with E-state index < -0.39 is 0 Å². The summed E-state index contributed by atoms with van der Waals surface area (Å²) in [6.07, 6.45) is 1.59. The average molecular weight is 541 g/mol. The van der Waals surface area contributed by atoms with Gasteiger partial charge < -0.3 is 19.3 Å². The number of benzene rings is 3. The third-order valence-electron chi connectivity index (χ3n) is 6.47. The molecule has 1 amide bonds. The smallest absolute Gasteiger partial charge is 0.227 e. The van der Waals surface area contributed by atoms with E-state index in [4.69, 9.17) is 9.47 Å². The predicted octanol–water partition coefficient (Wildman–Crippen LogP) is 5.28. The summed E-state index contributed by atoms with van der Waals surface area (Å²) in [5, 5.41) is 0. The van der Waals surface area contributed by atoms with Crippen LogP contribution in [0.25, 0.3) is 0 Å². The number of anilines is 1. The molecule has 1 heterocycles. The van der Waals surface area contributed by atoms with Gasteiger partial charge in [0.25, 0.3) is 0 Å². The van der Waals surface area contributed by atoms with Gasteiger partial charge in [-0.05, 0) is 66.4 Å². The first-order valence-corrected chi connectivity index (χ1v) is 12.5. The Labute approximate surface area is 214 Å². The van der Waals surface area contributed by atoms with Crippen LogP contribution in [0.5, 0.6) is 11.5 Å². The average Bonchev–Trinajstić information content (AvgIpc) is 2.88. The van der Waals surface area contributed by atoms with Crippen LogP contribution in [0.15, 0.2) is 65.1 Å². The van der Waals surface area contributed by atoms with Crippen LogP contribution >= 0.6 is 15.9 Å². The number of piperazine rings is 1. The van der Waals surface area contributed by atoms with Gasteiger partial charge in [0.1, 0.15) is 17.3 Å². The van der Waals surface area contributed by atoms with Crippen LogP contribution in [-0.2, 0) is 24.1 Å². The van der Waals surface area contributed by atoms with Crippen molar-refractivity contribution >= 4 is 27.5 Å². The van der Waals surface area contributed by atoms with E-state index in [0.29, 0.717) is 51.0 Å². The summed E-state index contributed by atoms with van der Waals surface area (Å²) < 4.78 is 26.6. The molecule has 0 aromatic heterocycles. The molecule has 1 aliphatic rings. The molecule has 5 nitrogen and oxygen atoms in total. The summed E-state index contributed by atoms with van der Waals surface area (Å²) in [5.41, 5.74) is 3.60. The number of aryl methyl sites for hydroxylation is 1. The van der Waals surface area contributed by atoms with E-state index in [1.165, 1.54) is 6.07 Å². The molecule has 0 spiro atoms. The van der Waals surface area contributed by atoms with Gasteiger partial charge in [0.05, 0.1) is 20.6 Å². The van der Waals surface area contributed by atoms with E-state index in [1.54, 1.807) is 20.3 Å². The van der Waals surface area contributed by atoms with E-state index in [1.807, 2.05) is 53.4 Å². The van der Waals surface area contributed by atoms with Crippen LogP contribution in [0.3, 0.4) is 0 Å². The number of hydrogen-bond donors (Lipinski definition) is 0. The van der Waals surface area contributed by atoms with Gasteiger partial charge in [-0.1, -0.05) is 34.1 Å². The summed E-state index contributed by atoms with van der Waals surface area (Å²) in [6, 6.07) is 18.7. The summed E-state index contributed by atoms with van der Waals surface area (Å²) in [4.78, 5) is 16.9. The Morgan fingerprint density at radius 3 is 2.37 bits per heavy atom. The highest BCUT2D eigenvalue weighted by Gasteiger charge is 2.24. The minimum atomic E-state index is -0.200. The number of methoxy groups -OCH3 is 2. The van der Waals surface area contributed by atoms with E-state index in [0.717, 1.165) is 32.8 Å². The van der Waals surface area contributed by atoms with Crippen molar-refractivity contribution < 1.29 is 18.7 Å². The lowest BCUT2D eigenvalue weighted by molar-refractivity contribution is -0.130. The van der Waals surface area contributed by atoms with Crippen LogP contribution in [0, 0.1) is 5.82 Å². The molecule has 0 N–H and O–H groups in total. The first kappa shape index (κ1) is 25.0. The molecular formula is C28H30BrFN2O3. The number of nitrogens with zero attached hydrogens (tertiary/aromatic N) is 2. The molecule has 35 heavy (non-hydrogen) atoms. The van der Waals surface area contributed by atoms with Crippen molar-refractivity contribution in [1.82, 2.24) is 4.90 Å². The molecule has 0 unspecified atom stereocenters. The van der Waals surface area contributed by atoms with Gasteiger partial charge in [-0.15, -0.1) is 0 Å². The quantitative estimate of drug-likeness (QED) is 0.389. The summed E-state index contributed by atoms with van der Waals surface area (Å²) in [7, 11) is 3.28. The molecule has 0 bridgehead atoms. The summed E-state index contributed by atoms with van der Waals surface area (Å²) >= 11 is 3.51. The SMILES string of the molecule is COc1ccc(CC(=O)N2CCN(c3cccc(F)c3CCc3cc(Br)ccc3OC)CC2)cc1. The Bertz CT molecular complexity index is 1160. The van der Waals surface area contributed by atoms with Crippen LogP contribution < -0.4 is 14.4 Å². The number of hydrogen-bond acceptors (Lipinski definition) is 4. The first-order chi connectivity index (χ1) is 17.0. The molecule has 0 aliphatic carbocycles. The number of carbonyl (C=O) groups excluding carboxylic acids is 1. The molecule has 184 valence electrons. The molecule has 3 aromatic rings. The van der Waals surface area contributed by atoms with E-state index >= 15 is 0 Å². The largest absolute Gasteiger partial charge is 0.497 e. The molecule has 0 saturated carbocycles. The first-order valence-electron chi connectivity index (χ1n) is 11.7. The summed E-state index contributed by atoms with van der Waals surface area (Å²) in [6.45, 7) is 2.57. The third kappa shape index (κ3) is 6.14. The van der Waals surface area contributed by atoms with Crippen molar-refractivity contribution in [3.63, 3.8) is 0 Å². The number of rotatable bonds is 8. The number of halogens is 2. The number of ether oxygens (including phenoxy) is 2. The normalized spacial score (nSPS) is 13.6. The molecular weight excluding hydrogens is 511 g/mol. The molecule has 1 fully saturated rings. The fourth-order valence-electron chi connectivity index (χ4n) is 4.52. The number of carbonyl (C=O) groups is 1. The Morgan fingerprint density at radius 2 is 1.69 bits per heavy atom. The molecule has 7 heteroatoms. The molecule has 0 radical (unpaired) electrons. The zero-order chi connectivity index (χ0) is 24.8. The minimum absolute atomic E-state index is 0.107. The topological polar surface area (TPSA) is 42.0 Å². The van der Waals surface area contributed by atoms with Crippen molar-refractivity contribution in [3.05, 3.63) is 87.6 Å². The second kappa shape index (κ2) is 11.6. The van der Waals surface area contributed by atoms with Crippen LogP contribution in [0.4, 0.5) is 10.1 Å². The summed E-state index contributed by atoms with van der Waals surface area (Å²) in [5.74, 6) is 1.49. The Morgan fingerprint density at radius 1 is 0.943 bits per heavy atom. The van der Waals surface area contributed by atoms with Gasteiger partial charge in [-0.25, -0.2) is 4.39 Å². The lowest BCUT2D eigenvalue weighted by Crippen LogP contribution is -2.49. The maximum absolute atomic E-state index is 14.9. The van der Waals surface area contributed by atoms with Crippen LogP contribution in [-0.4, -0.2) is 51.2 Å². The van der Waals surface area contributed by atoms with Gasteiger partial charge in [-0.3, -0.25) is 4.79 Å². The van der Waals surface area contributed by atoms with Crippen molar-refractivity contribution in [3.8, 4) is 11.5 Å². The monoisotopic (exact) mass is 540 g/mol. The van der Waals surface area contributed by atoms with Crippen molar-refractivity contribution in [2.24, 2.45) is 0 Å². The van der Waals surface area contributed by atoms with E-state index in [-0.39, 0.29) is 11.7 Å². The van der Waals surface area contributed by atoms with Crippen molar-refractivity contribution in [2.75, 3.05) is 45.3 Å².